The van der Waals surface area contributed by atoms with E-state index in [2.05, 4.69) is 290 Å². The summed E-state index contributed by atoms with van der Waals surface area (Å²) in [6.45, 7) is 58.8. The maximum atomic E-state index is 9.22. The first-order valence-electron chi connectivity index (χ1n) is 54.6. The van der Waals surface area contributed by atoms with E-state index in [9.17, 15) is 10.2 Å². The number of benzene rings is 4. The van der Waals surface area contributed by atoms with Crippen LogP contribution in [0.3, 0.4) is 0 Å². The number of nitrogens with two attached hydrogens (primary N) is 1. The third-order valence-corrected chi connectivity index (χ3v) is 33.7. The maximum Gasteiger partial charge on any atom is 0.145 e. The minimum atomic E-state index is 0.165. The van der Waals surface area contributed by atoms with Crippen LogP contribution in [0.25, 0.3) is 45.0 Å². The van der Waals surface area contributed by atoms with Gasteiger partial charge in [-0.1, -0.05) is 178 Å². The zero-order valence-electron chi connectivity index (χ0n) is 90.7. The summed E-state index contributed by atoms with van der Waals surface area (Å²) < 4.78 is 16.4. The molecule has 4 aromatic heterocycles. The van der Waals surface area contributed by atoms with Crippen molar-refractivity contribution in [2.45, 2.75) is 320 Å². The van der Waals surface area contributed by atoms with Crippen LogP contribution in [0.5, 0.6) is 5.75 Å². The minimum absolute atomic E-state index is 0.165. The Kier molecular flexibility index (Phi) is 39.1. The van der Waals surface area contributed by atoms with Crippen molar-refractivity contribution in [1.29, 1.82) is 0 Å². The van der Waals surface area contributed by atoms with Gasteiger partial charge in [0.05, 0.1) is 30.8 Å². The van der Waals surface area contributed by atoms with Crippen molar-refractivity contribution in [1.82, 2.24) is 39.5 Å². The summed E-state index contributed by atoms with van der Waals surface area (Å²) in [4.78, 5) is 40.5. The standard InChI is InChI=1S/C32H49N3O2.C31H47N3O2.C30H46N4O.C28H41N3O2/c1-31(2)16-17-32(3,4)28-24-25(12-13-27(28)31)29-10-8-11-30(33-29)35-20-14-26(15-21-35)34(18-6-7-22-36)19-9-23-37-5;1-30(2)15-16-31(3,4)27-23-24(11-12-26(27)30)28-9-8-10-29(32-28)34-18-13-25(14-19-34)33(20-22-36-5)17-6-7-21-35;1-29(2)14-15-30(3,4)26-22-23(10-11-25(26)29)27-8-7-9-28(32-27)34-18-12-24(13-19-34)33(20-16-31)17-5-6-21-35;1-27(2)12-13-28(3,4)23-20-21(8-9-22(23)27)26-24(33-5)10-11-25(29-26)31-17-15-30(16-18-31)14-6-7-19-32/h8,10-13,24,26,36H,6-7,9,14-23H2,1-5H3;8-12,23,25,35H,6-7,13-22H2,1-5H3;7-11,22,24,35H,5-6,12-21,31H2,1-4H3;8-11,20,32H,6-7,12-19H2,1-5H3. The molecule has 8 heterocycles. The lowest BCUT2D eigenvalue weighted by Crippen LogP contribution is -2.47. The Balaban J connectivity index is 0.000000158. The van der Waals surface area contributed by atoms with Gasteiger partial charge in [-0.15, -0.1) is 0 Å². The van der Waals surface area contributed by atoms with E-state index in [0.717, 1.165) is 278 Å². The molecule has 4 fully saturated rings. The fraction of sp³-hybridized carbons (Fsp3) is 0.636. The summed E-state index contributed by atoms with van der Waals surface area (Å²) in [5.74, 6) is 5.13. The number of methoxy groups -OCH3 is 3. The van der Waals surface area contributed by atoms with Crippen molar-refractivity contribution in [2.24, 2.45) is 5.73 Å². The number of fused-ring (bicyclic) bond motifs is 4. The van der Waals surface area contributed by atoms with Gasteiger partial charge in [0.25, 0.3) is 0 Å². The molecule has 0 radical (unpaired) electrons. The number of hydrogen-bond donors (Lipinski definition) is 5. The van der Waals surface area contributed by atoms with Gasteiger partial charge in [0.1, 0.15) is 34.7 Å². The Morgan fingerprint density at radius 1 is 0.305 bits per heavy atom. The number of aromatic nitrogens is 4. The number of nitrogens with zero attached hydrogens (tertiary/aromatic N) is 12. The van der Waals surface area contributed by atoms with Gasteiger partial charge in [-0.05, 0) is 334 Å². The fourth-order valence-electron chi connectivity index (χ4n) is 23.8. The molecule has 20 heteroatoms. The van der Waals surface area contributed by atoms with Gasteiger partial charge < -0.3 is 64.9 Å². The molecule has 0 bridgehead atoms. The van der Waals surface area contributed by atoms with Crippen LogP contribution in [0.15, 0.2) is 140 Å². The molecule has 0 spiro atoms. The van der Waals surface area contributed by atoms with E-state index in [1.807, 2.05) is 0 Å². The lowest BCUT2D eigenvalue weighted by molar-refractivity contribution is 0.105. The average Bonchev–Trinajstić information content (AvgIpc) is 0.765. The van der Waals surface area contributed by atoms with E-state index in [-0.39, 0.29) is 69.7 Å². The van der Waals surface area contributed by atoms with Crippen molar-refractivity contribution in [3.05, 3.63) is 184 Å². The Labute approximate surface area is 851 Å². The smallest absolute Gasteiger partial charge is 0.145 e. The number of rotatable bonds is 37. The van der Waals surface area contributed by atoms with Crippen molar-refractivity contribution < 1.29 is 34.6 Å². The predicted molar refractivity (Wildman–Crippen MR) is 588 cm³/mol. The fourth-order valence-corrected chi connectivity index (χ4v) is 23.8. The van der Waals surface area contributed by atoms with Crippen LogP contribution in [0, 0.1) is 0 Å². The molecule has 0 saturated carbocycles. The summed E-state index contributed by atoms with van der Waals surface area (Å²) >= 11 is 0. The van der Waals surface area contributed by atoms with Gasteiger partial charge in [0.15, 0.2) is 0 Å². The summed E-state index contributed by atoms with van der Waals surface area (Å²) in [6, 6.07) is 53.4. The molecule has 0 atom stereocenters. The topological polar surface area (TPSA) is 212 Å². The first kappa shape index (κ1) is 110. The molecular formula is C121H183N13O7. The normalized spacial score (nSPS) is 19.6. The van der Waals surface area contributed by atoms with Crippen LogP contribution in [0.4, 0.5) is 23.3 Å². The molecule has 20 nitrogen and oxygen atoms in total. The lowest BCUT2D eigenvalue weighted by Gasteiger charge is -2.42. The van der Waals surface area contributed by atoms with Crippen molar-refractivity contribution in [2.75, 3.05) is 198 Å². The minimum Gasteiger partial charge on any atom is -0.494 e. The monoisotopic (exact) mass is 1930 g/mol. The lowest BCUT2D eigenvalue weighted by atomic mass is 9.63. The number of piperidine rings is 3. The van der Waals surface area contributed by atoms with Crippen LogP contribution < -0.4 is 30.1 Å². The van der Waals surface area contributed by atoms with E-state index in [0.29, 0.717) is 24.7 Å². The molecular weight excluding hydrogens is 1750 g/mol. The zero-order chi connectivity index (χ0) is 101. The van der Waals surface area contributed by atoms with Crippen molar-refractivity contribution in [3.63, 3.8) is 0 Å². The van der Waals surface area contributed by atoms with Gasteiger partial charge in [0.2, 0.25) is 0 Å². The number of aliphatic hydroxyl groups is 4. The second-order valence-corrected chi connectivity index (χ2v) is 47.4. The summed E-state index contributed by atoms with van der Waals surface area (Å²) in [5, 5.41) is 36.6. The van der Waals surface area contributed by atoms with E-state index in [1.54, 1.807) is 21.3 Å². The third kappa shape index (κ3) is 28.3. The zero-order valence-corrected chi connectivity index (χ0v) is 90.7. The molecule has 4 aliphatic carbocycles. The molecule has 0 amide bonds. The summed E-state index contributed by atoms with van der Waals surface area (Å²) in [7, 11) is 5.29. The van der Waals surface area contributed by atoms with E-state index >= 15 is 0 Å². The highest BCUT2D eigenvalue weighted by atomic mass is 16.5. The SMILES string of the molecule is CC1(C)CCC(C)(C)c2cc(-c3cccc(N4CCC(N(CCN)CCCCO)CC4)n3)ccc21.COCCCN(CCCCO)C1CCN(c2cccc(-c3ccc4c(c3)C(C)(C)CCC4(C)C)n2)CC1.COCCN(CCCCO)C1CCN(c2cccc(-c3ccc4c(c3)C(C)(C)CCC4(C)C)n2)CC1.COc1ccc(N2CCN(CCCCO)CC2)nc1-c1ccc2c(c1)C(C)(C)CCC2(C)C. The third-order valence-electron chi connectivity index (χ3n) is 33.7. The summed E-state index contributed by atoms with van der Waals surface area (Å²) in [5.41, 5.74) is 28.4. The molecule has 4 aliphatic heterocycles. The molecule has 4 saturated heterocycles. The number of anilines is 4. The summed E-state index contributed by atoms with van der Waals surface area (Å²) in [6.07, 6.45) is 25.4. The van der Waals surface area contributed by atoms with Crippen molar-refractivity contribution >= 4 is 23.3 Å². The van der Waals surface area contributed by atoms with Gasteiger partial charge in [-0.25, -0.2) is 19.9 Å². The van der Waals surface area contributed by atoms with Crippen LogP contribution in [0.2, 0.25) is 0 Å². The molecule has 141 heavy (non-hydrogen) atoms. The van der Waals surface area contributed by atoms with Crippen molar-refractivity contribution in [3.8, 4) is 50.8 Å². The van der Waals surface area contributed by atoms with Crippen LogP contribution in [-0.2, 0) is 52.8 Å². The highest BCUT2D eigenvalue weighted by molar-refractivity contribution is 5.72. The Hall–Kier alpha value is -7.96. The highest BCUT2D eigenvalue weighted by Gasteiger charge is 2.43. The number of piperazine rings is 1. The number of pyridine rings is 4. The largest absolute Gasteiger partial charge is 0.494 e. The number of unbranched alkanes of at least 4 members (excludes halogenated alkanes) is 4. The van der Waals surface area contributed by atoms with E-state index < -0.39 is 0 Å². The van der Waals surface area contributed by atoms with Crippen LogP contribution >= 0.6 is 0 Å². The molecule has 16 rings (SSSR count). The molecule has 8 aliphatic rings. The van der Waals surface area contributed by atoms with Gasteiger partial charge in [0, 0.05) is 179 Å². The van der Waals surface area contributed by atoms with Gasteiger partial charge >= 0.3 is 0 Å². The quantitative estimate of drug-likeness (QED) is 0.0229. The number of ether oxygens (including phenoxy) is 3. The Morgan fingerprint density at radius 2 is 0.603 bits per heavy atom. The molecule has 0 unspecified atom stereocenters. The number of hydrogen-bond acceptors (Lipinski definition) is 20. The molecule has 8 aromatic rings. The Morgan fingerprint density at radius 3 is 0.936 bits per heavy atom. The molecule has 774 valence electrons. The van der Waals surface area contributed by atoms with Gasteiger partial charge in [-0.3, -0.25) is 14.7 Å². The van der Waals surface area contributed by atoms with E-state index in [4.69, 9.17) is 50.1 Å². The second-order valence-electron chi connectivity index (χ2n) is 47.4. The first-order valence-corrected chi connectivity index (χ1v) is 54.6. The Bertz CT molecular complexity index is 5220. The molecule has 6 N–H and O–H groups in total. The highest BCUT2D eigenvalue weighted by Crippen LogP contribution is 2.52. The average molecular weight is 1930 g/mol. The number of aliphatic hydroxyl groups excluding tert-OH is 4. The predicted octanol–water partition coefficient (Wildman–Crippen LogP) is 22.1. The molecule has 4 aromatic carbocycles. The first-order chi connectivity index (χ1) is 67.5. The van der Waals surface area contributed by atoms with Gasteiger partial charge in [-0.2, -0.15) is 0 Å². The van der Waals surface area contributed by atoms with Crippen LogP contribution in [-0.4, -0.2) is 257 Å². The van der Waals surface area contributed by atoms with E-state index in [1.165, 1.54) is 113 Å². The second kappa shape index (κ2) is 50.0. The maximum absolute atomic E-state index is 9.22. The van der Waals surface area contributed by atoms with Crippen LogP contribution in [0.1, 0.15) is 303 Å².